The zero-order valence-electron chi connectivity index (χ0n) is 8.95. The van der Waals surface area contributed by atoms with Gasteiger partial charge in [-0.15, -0.1) is 0 Å². The molecule has 0 aliphatic heterocycles. The van der Waals surface area contributed by atoms with E-state index in [1.807, 2.05) is 19.1 Å². The van der Waals surface area contributed by atoms with Crippen molar-refractivity contribution in [3.8, 4) is 0 Å². The lowest BCUT2D eigenvalue weighted by atomic mass is 10.3. The summed E-state index contributed by atoms with van der Waals surface area (Å²) in [6.07, 6.45) is 3.42. The van der Waals surface area contributed by atoms with Crippen molar-refractivity contribution in [2.24, 2.45) is 0 Å². The maximum Gasteiger partial charge on any atom is 0.117 e. The molecule has 0 aromatic carbocycles. The molecule has 0 unspecified atom stereocenters. The van der Waals surface area contributed by atoms with Gasteiger partial charge in [0.1, 0.15) is 10.1 Å². The van der Waals surface area contributed by atoms with E-state index in [2.05, 4.69) is 41.8 Å². The Kier molecular flexibility index (Phi) is 4.06. The van der Waals surface area contributed by atoms with E-state index in [-0.39, 0.29) is 0 Å². The first-order valence-electron chi connectivity index (χ1n) is 4.78. The highest BCUT2D eigenvalue weighted by atomic mass is 79.9. The Morgan fingerprint density at radius 3 is 2.71 bits per heavy atom. The molecule has 0 radical (unpaired) electrons. The van der Waals surface area contributed by atoms with Crippen LogP contribution in [0.4, 0.5) is 5.69 Å². The summed E-state index contributed by atoms with van der Waals surface area (Å²) in [4.78, 5) is 8.60. The summed E-state index contributed by atoms with van der Waals surface area (Å²) in [6, 6.07) is 3.83. The number of hydrogen-bond donors (Lipinski definition) is 1. The highest BCUT2D eigenvalue weighted by molar-refractivity contribution is 9.11. The number of nitrogen functional groups attached to an aromatic ring is 1. The minimum atomic E-state index is 0.682. The van der Waals surface area contributed by atoms with Crippen molar-refractivity contribution in [2.45, 2.75) is 17.0 Å². The third-order valence-corrected chi connectivity index (χ3v) is 5.35. The molecule has 0 saturated carbocycles. The molecule has 0 fully saturated rings. The van der Waals surface area contributed by atoms with Gasteiger partial charge in [-0.3, -0.25) is 0 Å². The Morgan fingerprint density at radius 2 is 2.00 bits per heavy atom. The number of rotatable bonds is 2. The highest BCUT2D eigenvalue weighted by Gasteiger charge is 2.11. The van der Waals surface area contributed by atoms with Gasteiger partial charge < -0.3 is 5.73 Å². The van der Waals surface area contributed by atoms with Crippen molar-refractivity contribution < 1.29 is 0 Å². The Balaban J connectivity index is 2.38. The van der Waals surface area contributed by atoms with E-state index in [1.54, 1.807) is 12.4 Å². The van der Waals surface area contributed by atoms with Gasteiger partial charge in [0, 0.05) is 6.20 Å². The molecule has 17 heavy (non-hydrogen) atoms. The summed E-state index contributed by atoms with van der Waals surface area (Å²) in [5.74, 6) is 0. The first kappa shape index (κ1) is 12.9. The number of aromatic nitrogens is 2. The van der Waals surface area contributed by atoms with Crippen LogP contribution in [0.25, 0.3) is 0 Å². The molecule has 2 N–H and O–H groups in total. The minimum absolute atomic E-state index is 0.682. The summed E-state index contributed by atoms with van der Waals surface area (Å²) in [5.41, 5.74) is 7.46. The number of pyridine rings is 2. The second-order valence-electron chi connectivity index (χ2n) is 3.35. The maximum absolute atomic E-state index is 5.79. The summed E-state index contributed by atoms with van der Waals surface area (Å²) in [5, 5.41) is 1.74. The number of halogens is 2. The number of nitrogens with two attached hydrogens (primary N) is 1. The van der Waals surface area contributed by atoms with Gasteiger partial charge in [0.25, 0.3) is 0 Å². The Hall–Kier alpha value is -0.590. The molecule has 0 atom stereocenters. The molecule has 0 saturated heterocycles. The van der Waals surface area contributed by atoms with Gasteiger partial charge in [0.2, 0.25) is 0 Å². The van der Waals surface area contributed by atoms with Crippen molar-refractivity contribution in [1.82, 2.24) is 9.97 Å². The van der Waals surface area contributed by atoms with Crippen LogP contribution in [0.1, 0.15) is 5.56 Å². The summed E-state index contributed by atoms with van der Waals surface area (Å²) >= 11 is 8.46. The number of hydrogen-bond acceptors (Lipinski definition) is 4. The van der Waals surface area contributed by atoms with Crippen LogP contribution in [-0.2, 0) is 0 Å². The van der Waals surface area contributed by atoms with E-state index in [0.29, 0.717) is 5.69 Å². The van der Waals surface area contributed by atoms with E-state index in [4.69, 9.17) is 5.73 Å². The first-order chi connectivity index (χ1) is 8.09. The molecule has 0 bridgehead atoms. The smallest absolute Gasteiger partial charge is 0.117 e. The fraction of sp³-hybridized carbons (Fsp3) is 0.0909. The van der Waals surface area contributed by atoms with E-state index in [9.17, 15) is 0 Å². The molecule has 6 heteroatoms. The zero-order chi connectivity index (χ0) is 12.4. The Morgan fingerprint density at radius 1 is 1.24 bits per heavy atom. The van der Waals surface area contributed by atoms with Gasteiger partial charge in [-0.25, -0.2) is 9.97 Å². The van der Waals surface area contributed by atoms with Gasteiger partial charge in [-0.1, -0.05) is 0 Å². The Labute approximate surface area is 120 Å². The maximum atomic E-state index is 5.79. The summed E-state index contributed by atoms with van der Waals surface area (Å²) < 4.78 is 1.87. The third kappa shape index (κ3) is 2.81. The average Bonchev–Trinajstić information content (AvgIpc) is 2.32. The van der Waals surface area contributed by atoms with Gasteiger partial charge in [-0.2, -0.15) is 0 Å². The van der Waals surface area contributed by atoms with Crippen LogP contribution in [0.2, 0.25) is 0 Å². The van der Waals surface area contributed by atoms with Crippen molar-refractivity contribution >= 4 is 49.3 Å². The molecule has 3 nitrogen and oxygen atoms in total. The molecular weight excluding hydrogens is 366 g/mol. The van der Waals surface area contributed by atoms with E-state index < -0.39 is 0 Å². The fourth-order valence-corrected chi connectivity index (χ4v) is 3.06. The lowest BCUT2D eigenvalue weighted by molar-refractivity contribution is 1.06. The molecule has 2 heterocycles. The lowest BCUT2D eigenvalue weighted by Gasteiger charge is -2.08. The van der Waals surface area contributed by atoms with E-state index in [1.165, 1.54) is 11.8 Å². The summed E-state index contributed by atoms with van der Waals surface area (Å²) in [7, 11) is 0. The third-order valence-electron chi connectivity index (χ3n) is 2.19. The number of nitrogens with zero attached hydrogens (tertiary/aromatic N) is 2. The second-order valence-corrected chi connectivity index (χ2v) is 5.97. The van der Waals surface area contributed by atoms with E-state index in [0.717, 1.165) is 24.6 Å². The molecule has 0 spiro atoms. The van der Waals surface area contributed by atoms with Crippen LogP contribution in [0.3, 0.4) is 0 Å². The zero-order valence-corrected chi connectivity index (χ0v) is 12.9. The monoisotopic (exact) mass is 373 g/mol. The molecule has 2 aromatic rings. The second kappa shape index (κ2) is 5.37. The molecule has 0 amide bonds. The van der Waals surface area contributed by atoms with Gasteiger partial charge in [0.15, 0.2) is 0 Å². The van der Waals surface area contributed by atoms with Crippen molar-refractivity contribution in [2.75, 3.05) is 5.73 Å². The van der Waals surface area contributed by atoms with Crippen LogP contribution in [0.15, 0.2) is 43.5 Å². The van der Waals surface area contributed by atoms with Crippen LogP contribution in [-0.4, -0.2) is 9.97 Å². The van der Waals surface area contributed by atoms with Crippen LogP contribution in [0, 0.1) is 6.92 Å². The molecule has 2 rings (SSSR count). The standard InChI is InChI=1S/C11H9Br2N3S/c1-6-8(14)5-16-11(9(6)13)17-10-7(12)3-2-4-15-10/h2-5H,14H2,1H3. The fourth-order valence-electron chi connectivity index (χ4n) is 1.18. The lowest BCUT2D eigenvalue weighted by Crippen LogP contribution is -1.94. The first-order valence-corrected chi connectivity index (χ1v) is 7.19. The van der Waals surface area contributed by atoms with Crippen LogP contribution in [0.5, 0.6) is 0 Å². The quantitative estimate of drug-likeness (QED) is 0.861. The van der Waals surface area contributed by atoms with Crippen molar-refractivity contribution in [1.29, 1.82) is 0 Å². The van der Waals surface area contributed by atoms with Crippen molar-refractivity contribution in [3.05, 3.63) is 39.0 Å². The average molecular weight is 375 g/mol. The number of anilines is 1. The normalized spacial score (nSPS) is 10.5. The topological polar surface area (TPSA) is 51.8 Å². The molecule has 2 aromatic heterocycles. The highest BCUT2D eigenvalue weighted by Crippen LogP contribution is 2.36. The van der Waals surface area contributed by atoms with Crippen LogP contribution >= 0.6 is 43.6 Å². The van der Waals surface area contributed by atoms with Gasteiger partial charge in [0.05, 0.1) is 20.8 Å². The van der Waals surface area contributed by atoms with E-state index >= 15 is 0 Å². The molecule has 0 aliphatic carbocycles. The van der Waals surface area contributed by atoms with Crippen LogP contribution < -0.4 is 5.73 Å². The summed E-state index contributed by atoms with van der Waals surface area (Å²) in [6.45, 7) is 1.96. The SMILES string of the molecule is Cc1c(N)cnc(Sc2ncccc2Br)c1Br. The van der Waals surface area contributed by atoms with Crippen molar-refractivity contribution in [3.63, 3.8) is 0 Å². The molecule has 88 valence electrons. The molecular formula is C11H9Br2N3S. The minimum Gasteiger partial charge on any atom is -0.397 e. The van der Waals surface area contributed by atoms with Gasteiger partial charge >= 0.3 is 0 Å². The van der Waals surface area contributed by atoms with Gasteiger partial charge in [-0.05, 0) is 68.2 Å². The largest absolute Gasteiger partial charge is 0.397 e. The molecule has 0 aliphatic rings. The predicted octanol–water partition coefficient (Wildman–Crippen LogP) is 4.04. The Bertz CT molecular complexity index is 560. The predicted molar refractivity (Wildman–Crippen MR) is 77.1 cm³/mol.